The van der Waals surface area contributed by atoms with E-state index < -0.39 is 0 Å². The van der Waals surface area contributed by atoms with Gasteiger partial charge in [-0.15, -0.1) is 0 Å². The molecule has 0 saturated heterocycles. The SMILES string of the molecule is C[C@@H](Nc1ncc(-c2ccnc(Nc3ccncc3)n2)c(CC2CC2)n1)c1ccccc1. The maximum Gasteiger partial charge on any atom is 0.227 e. The van der Waals surface area contributed by atoms with Gasteiger partial charge in [0.15, 0.2) is 0 Å². The van der Waals surface area contributed by atoms with Crippen molar-refractivity contribution in [2.45, 2.75) is 32.2 Å². The molecule has 1 fully saturated rings. The summed E-state index contributed by atoms with van der Waals surface area (Å²) < 4.78 is 0. The molecule has 0 bridgehead atoms. The van der Waals surface area contributed by atoms with E-state index in [1.54, 1.807) is 18.6 Å². The summed E-state index contributed by atoms with van der Waals surface area (Å²) in [5.41, 5.74) is 4.89. The summed E-state index contributed by atoms with van der Waals surface area (Å²) in [5, 5.41) is 6.67. The van der Waals surface area contributed by atoms with Gasteiger partial charge in [-0.1, -0.05) is 30.3 Å². The molecule has 160 valence electrons. The molecular weight excluding hydrogens is 398 g/mol. The Morgan fingerprint density at radius 2 is 1.72 bits per heavy atom. The fraction of sp³-hybridized carbons (Fsp3) is 0.240. The average Bonchev–Trinajstić information content (AvgIpc) is 3.65. The topological polar surface area (TPSA) is 88.5 Å². The van der Waals surface area contributed by atoms with Crippen LogP contribution in [0.1, 0.15) is 37.1 Å². The van der Waals surface area contributed by atoms with E-state index >= 15 is 0 Å². The van der Waals surface area contributed by atoms with Crippen LogP contribution in [0.25, 0.3) is 11.3 Å². The van der Waals surface area contributed by atoms with E-state index in [1.807, 2.05) is 42.6 Å². The highest BCUT2D eigenvalue weighted by Gasteiger charge is 2.25. The van der Waals surface area contributed by atoms with Crippen LogP contribution in [-0.4, -0.2) is 24.9 Å². The van der Waals surface area contributed by atoms with Gasteiger partial charge in [-0.25, -0.2) is 19.9 Å². The van der Waals surface area contributed by atoms with Crippen LogP contribution in [0.4, 0.5) is 17.6 Å². The molecule has 32 heavy (non-hydrogen) atoms. The minimum atomic E-state index is 0.117. The van der Waals surface area contributed by atoms with E-state index in [1.165, 1.54) is 18.4 Å². The zero-order chi connectivity index (χ0) is 21.8. The van der Waals surface area contributed by atoms with Gasteiger partial charge in [-0.2, -0.15) is 0 Å². The number of anilines is 3. The highest BCUT2D eigenvalue weighted by molar-refractivity contribution is 5.64. The molecule has 1 saturated carbocycles. The third kappa shape index (κ3) is 4.88. The van der Waals surface area contributed by atoms with Crippen molar-refractivity contribution < 1.29 is 0 Å². The van der Waals surface area contributed by atoms with Gasteiger partial charge in [0.2, 0.25) is 11.9 Å². The number of nitrogens with zero attached hydrogens (tertiary/aromatic N) is 5. The van der Waals surface area contributed by atoms with Crippen molar-refractivity contribution in [3.05, 3.63) is 84.6 Å². The number of nitrogens with one attached hydrogen (secondary N) is 2. The number of hydrogen-bond donors (Lipinski definition) is 2. The van der Waals surface area contributed by atoms with Crippen molar-refractivity contribution in [2.24, 2.45) is 5.92 Å². The summed E-state index contributed by atoms with van der Waals surface area (Å²) >= 11 is 0. The Balaban J connectivity index is 1.41. The summed E-state index contributed by atoms with van der Waals surface area (Å²) in [7, 11) is 0. The molecule has 0 unspecified atom stereocenters. The van der Waals surface area contributed by atoms with E-state index in [0.29, 0.717) is 17.8 Å². The van der Waals surface area contributed by atoms with Crippen LogP contribution in [0, 0.1) is 5.92 Å². The van der Waals surface area contributed by atoms with E-state index in [4.69, 9.17) is 9.97 Å². The lowest BCUT2D eigenvalue weighted by Gasteiger charge is -2.16. The predicted octanol–water partition coefficient (Wildman–Crippen LogP) is 5.20. The van der Waals surface area contributed by atoms with E-state index in [0.717, 1.165) is 29.1 Å². The van der Waals surface area contributed by atoms with Crippen LogP contribution in [0.3, 0.4) is 0 Å². The smallest absolute Gasteiger partial charge is 0.227 e. The molecule has 1 aromatic carbocycles. The zero-order valence-corrected chi connectivity index (χ0v) is 17.9. The molecule has 7 heteroatoms. The Labute approximate surface area is 187 Å². The Bertz CT molecular complexity index is 1180. The van der Waals surface area contributed by atoms with Crippen LogP contribution in [0.15, 0.2) is 73.3 Å². The molecule has 2 N–H and O–H groups in total. The Morgan fingerprint density at radius 1 is 0.906 bits per heavy atom. The first-order valence-electron chi connectivity index (χ1n) is 10.9. The average molecular weight is 424 g/mol. The fourth-order valence-corrected chi connectivity index (χ4v) is 3.60. The molecule has 1 atom stereocenters. The number of aromatic nitrogens is 5. The van der Waals surface area contributed by atoms with E-state index in [9.17, 15) is 0 Å². The van der Waals surface area contributed by atoms with Gasteiger partial charge in [-0.05, 0) is 55.9 Å². The monoisotopic (exact) mass is 423 g/mol. The Morgan fingerprint density at radius 3 is 2.50 bits per heavy atom. The van der Waals surface area contributed by atoms with Gasteiger partial charge >= 0.3 is 0 Å². The number of pyridine rings is 1. The first kappa shape index (κ1) is 20.1. The molecule has 0 amide bonds. The largest absolute Gasteiger partial charge is 0.348 e. The van der Waals surface area contributed by atoms with Crippen molar-refractivity contribution in [2.75, 3.05) is 10.6 Å². The molecular formula is C25H25N7. The lowest BCUT2D eigenvalue weighted by Crippen LogP contribution is -2.11. The Hall–Kier alpha value is -3.87. The quantitative estimate of drug-likeness (QED) is 0.403. The third-order valence-electron chi connectivity index (χ3n) is 5.56. The summed E-state index contributed by atoms with van der Waals surface area (Å²) in [6.07, 6.45) is 10.5. The number of hydrogen-bond acceptors (Lipinski definition) is 7. The Kier molecular flexibility index (Phi) is 5.70. The van der Waals surface area contributed by atoms with Gasteiger partial charge in [0.1, 0.15) is 0 Å². The molecule has 5 rings (SSSR count). The molecule has 1 aliphatic rings. The summed E-state index contributed by atoms with van der Waals surface area (Å²) in [5.74, 6) is 1.87. The predicted molar refractivity (Wildman–Crippen MR) is 125 cm³/mol. The normalized spacial score (nSPS) is 14.0. The second kappa shape index (κ2) is 9.09. The van der Waals surface area contributed by atoms with Crippen LogP contribution >= 0.6 is 0 Å². The summed E-state index contributed by atoms with van der Waals surface area (Å²) in [4.78, 5) is 22.6. The van der Waals surface area contributed by atoms with Crippen molar-refractivity contribution in [1.29, 1.82) is 0 Å². The second-order valence-electron chi connectivity index (χ2n) is 8.10. The van der Waals surface area contributed by atoms with Crippen molar-refractivity contribution in [1.82, 2.24) is 24.9 Å². The van der Waals surface area contributed by atoms with Gasteiger partial charge in [0.05, 0.1) is 17.4 Å². The molecule has 0 aliphatic heterocycles. The van der Waals surface area contributed by atoms with Crippen LogP contribution in [-0.2, 0) is 6.42 Å². The molecule has 3 heterocycles. The molecule has 3 aromatic heterocycles. The second-order valence-corrected chi connectivity index (χ2v) is 8.10. The van der Waals surface area contributed by atoms with Crippen LogP contribution in [0.5, 0.6) is 0 Å². The summed E-state index contributed by atoms with van der Waals surface area (Å²) in [6.45, 7) is 2.12. The number of benzene rings is 1. The molecule has 4 aromatic rings. The maximum absolute atomic E-state index is 4.90. The van der Waals surface area contributed by atoms with E-state index in [-0.39, 0.29) is 6.04 Å². The highest BCUT2D eigenvalue weighted by Crippen LogP contribution is 2.35. The summed E-state index contributed by atoms with van der Waals surface area (Å²) in [6, 6.07) is 16.1. The maximum atomic E-state index is 4.90. The van der Waals surface area contributed by atoms with Crippen molar-refractivity contribution in [3.8, 4) is 11.3 Å². The lowest BCUT2D eigenvalue weighted by molar-refractivity contribution is 0.791. The minimum Gasteiger partial charge on any atom is -0.348 e. The zero-order valence-electron chi connectivity index (χ0n) is 17.9. The lowest BCUT2D eigenvalue weighted by atomic mass is 10.1. The van der Waals surface area contributed by atoms with Crippen molar-refractivity contribution in [3.63, 3.8) is 0 Å². The molecule has 0 spiro atoms. The van der Waals surface area contributed by atoms with Crippen molar-refractivity contribution >= 4 is 17.6 Å². The van der Waals surface area contributed by atoms with Crippen LogP contribution < -0.4 is 10.6 Å². The van der Waals surface area contributed by atoms with Gasteiger partial charge in [-0.3, -0.25) is 4.98 Å². The number of rotatable bonds is 8. The third-order valence-corrected chi connectivity index (χ3v) is 5.56. The first-order chi connectivity index (χ1) is 15.7. The molecule has 7 nitrogen and oxygen atoms in total. The minimum absolute atomic E-state index is 0.117. The fourth-order valence-electron chi connectivity index (χ4n) is 3.60. The van der Waals surface area contributed by atoms with Crippen LogP contribution in [0.2, 0.25) is 0 Å². The van der Waals surface area contributed by atoms with Gasteiger partial charge in [0.25, 0.3) is 0 Å². The first-order valence-corrected chi connectivity index (χ1v) is 10.9. The highest BCUT2D eigenvalue weighted by atomic mass is 15.1. The molecule has 0 radical (unpaired) electrons. The standard InChI is InChI=1S/C25H25N7/c1-17(19-5-3-2-4-6-19)29-25-28-16-21(23(32-25)15-18-7-8-18)22-11-14-27-24(31-22)30-20-9-12-26-13-10-20/h2-6,9-14,16-18H,7-8,15H2,1H3,(H,28,29,32)(H,26,27,30,31)/t17-/m1/s1. The molecule has 1 aliphatic carbocycles. The van der Waals surface area contributed by atoms with E-state index in [2.05, 4.69) is 44.6 Å². The van der Waals surface area contributed by atoms with Gasteiger partial charge in [0, 0.05) is 36.0 Å². The van der Waals surface area contributed by atoms with Gasteiger partial charge < -0.3 is 10.6 Å².